The monoisotopic (exact) mass is 578 g/mol. The van der Waals surface area contributed by atoms with E-state index in [1.54, 1.807) is 31.2 Å². The summed E-state index contributed by atoms with van der Waals surface area (Å²) in [7, 11) is 1.54. The number of hydrazone groups is 1. The summed E-state index contributed by atoms with van der Waals surface area (Å²) in [4.78, 5) is 25.8. The number of aryl methyl sites for hydroxylation is 1. The minimum atomic E-state index is -0.583. The number of rotatable bonds is 13. The highest BCUT2D eigenvalue weighted by molar-refractivity contribution is 5.94. The van der Waals surface area contributed by atoms with Crippen molar-refractivity contribution in [1.82, 2.24) is 35.6 Å². The number of methoxy groups -OCH3 is 1. The van der Waals surface area contributed by atoms with E-state index in [1.807, 2.05) is 13.8 Å². The second kappa shape index (κ2) is 13.3. The van der Waals surface area contributed by atoms with E-state index in [2.05, 4.69) is 40.7 Å². The topological polar surface area (TPSA) is 202 Å². The second-order valence-electron chi connectivity index (χ2n) is 9.00. The van der Waals surface area contributed by atoms with Crippen LogP contribution in [0, 0.1) is 17.0 Å². The van der Waals surface area contributed by atoms with Gasteiger partial charge in [-0.1, -0.05) is 19.1 Å². The number of nitrogens with one attached hydrogen (secondary N) is 1. The van der Waals surface area contributed by atoms with Crippen molar-refractivity contribution in [3.8, 4) is 17.3 Å². The van der Waals surface area contributed by atoms with Crippen LogP contribution in [0.1, 0.15) is 46.7 Å². The summed E-state index contributed by atoms with van der Waals surface area (Å²) in [6.45, 7) is 7.55. The number of hydrogen-bond donors (Lipinski definition) is 2. The van der Waals surface area contributed by atoms with E-state index in [1.165, 1.54) is 30.1 Å². The number of aromatic nitrogens is 5. The highest BCUT2D eigenvalue weighted by Crippen LogP contribution is 2.26. The zero-order valence-corrected chi connectivity index (χ0v) is 23.5. The molecule has 0 fully saturated rings. The summed E-state index contributed by atoms with van der Waals surface area (Å²) >= 11 is 0. The Balaban J connectivity index is 1.49. The number of nitro benzene ring substituents is 1. The Bertz CT molecular complexity index is 1590. The maximum absolute atomic E-state index is 13.1. The van der Waals surface area contributed by atoms with Gasteiger partial charge in [0.25, 0.3) is 11.6 Å². The number of amides is 1. The van der Waals surface area contributed by atoms with Gasteiger partial charge in [-0.05, 0) is 66.2 Å². The molecule has 16 heteroatoms. The maximum Gasteiger partial charge on any atom is 0.293 e. The average Bonchev–Trinajstić information content (AvgIpc) is 3.59. The van der Waals surface area contributed by atoms with Gasteiger partial charge in [-0.25, -0.2) is 10.1 Å². The van der Waals surface area contributed by atoms with Gasteiger partial charge in [0.2, 0.25) is 11.6 Å². The van der Waals surface area contributed by atoms with Gasteiger partial charge in [-0.3, -0.25) is 19.8 Å². The van der Waals surface area contributed by atoms with Gasteiger partial charge >= 0.3 is 0 Å². The Morgan fingerprint density at radius 3 is 2.67 bits per heavy atom. The van der Waals surface area contributed by atoms with Crippen molar-refractivity contribution in [3.05, 3.63) is 74.6 Å². The van der Waals surface area contributed by atoms with E-state index in [9.17, 15) is 14.9 Å². The number of carbonyl (C=O) groups is 1. The lowest BCUT2D eigenvalue weighted by atomic mass is 10.1. The molecule has 0 bridgehead atoms. The van der Waals surface area contributed by atoms with E-state index >= 15 is 0 Å². The third-order valence-corrected chi connectivity index (χ3v) is 6.39. The molecule has 42 heavy (non-hydrogen) atoms. The molecule has 0 aliphatic rings. The molecule has 1 amide bonds. The van der Waals surface area contributed by atoms with Crippen LogP contribution in [0.3, 0.4) is 0 Å². The number of carbonyl (C=O) groups excluding carboxylic acids is 1. The lowest BCUT2D eigenvalue weighted by Crippen LogP contribution is -2.27. The molecule has 2 aromatic carbocycles. The summed E-state index contributed by atoms with van der Waals surface area (Å²) in [5.41, 5.74) is 10.7. The van der Waals surface area contributed by atoms with Crippen molar-refractivity contribution in [1.29, 1.82) is 0 Å². The van der Waals surface area contributed by atoms with Gasteiger partial charge in [0.05, 0.1) is 23.9 Å². The predicted octanol–water partition coefficient (Wildman–Crippen LogP) is 2.64. The third-order valence-electron chi connectivity index (χ3n) is 6.39. The fraction of sp³-hybridized carbons (Fsp3) is 0.308. The Hall–Kier alpha value is -5.38. The zero-order valence-electron chi connectivity index (χ0n) is 23.5. The number of nitrogens with zero attached hydrogens (tertiary/aromatic N) is 8. The van der Waals surface area contributed by atoms with Crippen molar-refractivity contribution in [3.63, 3.8) is 0 Å². The molecule has 0 spiro atoms. The standard InChI is InChI=1S/C26H30N10O6/c1-5-34(6-2)14-21-23(29-33-35(21)25-24(27)31-42-32-25)26(37)30-28-13-17-7-10-22(40-4)18(12-17)15-41-19-8-9-20(36(38)39)16(3)11-19/h7-13H,5-6,14-15H2,1-4H3,(H2,27,31)(H,30,37)/b28-13-. The number of nitrogens with two attached hydrogens (primary N) is 1. The molecule has 0 saturated carbocycles. The Labute approximate surface area is 240 Å². The Morgan fingerprint density at radius 1 is 1.24 bits per heavy atom. The van der Waals surface area contributed by atoms with Crippen molar-refractivity contribution in [2.45, 2.75) is 33.9 Å². The van der Waals surface area contributed by atoms with Crippen molar-refractivity contribution in [2.75, 3.05) is 25.9 Å². The minimum Gasteiger partial charge on any atom is -0.496 e. The SMILES string of the molecule is CCN(CC)Cc1c(C(=O)N/N=C\c2ccc(OC)c(COc3ccc([N+](=O)[O-])c(C)c3)c2)nnn1-c1nonc1N. The van der Waals surface area contributed by atoms with Gasteiger partial charge in [-0.2, -0.15) is 9.78 Å². The molecule has 4 aromatic rings. The number of ether oxygens (including phenoxy) is 2. The zero-order chi connectivity index (χ0) is 30.2. The largest absolute Gasteiger partial charge is 0.496 e. The van der Waals surface area contributed by atoms with E-state index < -0.39 is 10.8 Å². The van der Waals surface area contributed by atoms with Crippen LogP contribution in [0.2, 0.25) is 0 Å². The molecule has 0 atom stereocenters. The quantitative estimate of drug-likeness (QED) is 0.134. The fourth-order valence-electron chi connectivity index (χ4n) is 4.08. The van der Waals surface area contributed by atoms with Crippen LogP contribution in [0.4, 0.5) is 11.5 Å². The molecule has 0 aliphatic carbocycles. The van der Waals surface area contributed by atoms with Crippen LogP contribution in [-0.2, 0) is 13.2 Å². The van der Waals surface area contributed by atoms with Crippen LogP contribution in [0.25, 0.3) is 5.82 Å². The average molecular weight is 579 g/mol. The summed E-state index contributed by atoms with van der Waals surface area (Å²) in [6, 6.07) is 9.83. The number of anilines is 1. The van der Waals surface area contributed by atoms with Gasteiger partial charge in [0, 0.05) is 23.7 Å². The number of benzene rings is 2. The number of hydrogen-bond acceptors (Lipinski definition) is 13. The maximum atomic E-state index is 13.1. The minimum absolute atomic E-state index is 0.00804. The highest BCUT2D eigenvalue weighted by Gasteiger charge is 2.25. The molecule has 0 unspecified atom stereocenters. The van der Waals surface area contributed by atoms with Crippen LogP contribution in [0.5, 0.6) is 11.5 Å². The van der Waals surface area contributed by atoms with Crippen LogP contribution in [-0.4, -0.2) is 67.5 Å². The fourth-order valence-corrected chi connectivity index (χ4v) is 4.08. The van der Waals surface area contributed by atoms with E-state index in [0.29, 0.717) is 40.4 Å². The smallest absolute Gasteiger partial charge is 0.293 e. The van der Waals surface area contributed by atoms with Gasteiger partial charge in [-0.15, -0.1) is 5.10 Å². The Morgan fingerprint density at radius 2 is 2.02 bits per heavy atom. The molecule has 4 rings (SSSR count). The van der Waals surface area contributed by atoms with Crippen LogP contribution in [0.15, 0.2) is 46.1 Å². The first-order chi connectivity index (χ1) is 20.2. The molecule has 0 aliphatic heterocycles. The molecular formula is C26H30N10O6. The summed E-state index contributed by atoms with van der Waals surface area (Å²) < 4.78 is 17.3. The summed E-state index contributed by atoms with van der Waals surface area (Å²) in [5.74, 6) is 0.607. The first-order valence-corrected chi connectivity index (χ1v) is 12.9. The molecule has 0 radical (unpaired) electrons. The van der Waals surface area contributed by atoms with Crippen molar-refractivity contribution in [2.24, 2.45) is 5.10 Å². The highest BCUT2D eigenvalue weighted by atomic mass is 16.6. The summed E-state index contributed by atoms with van der Waals surface area (Å²) in [6.07, 6.45) is 1.46. The van der Waals surface area contributed by atoms with Gasteiger partial charge in [0.15, 0.2) is 5.69 Å². The molecule has 0 saturated heterocycles. The normalized spacial score (nSPS) is 11.3. The van der Waals surface area contributed by atoms with Crippen molar-refractivity contribution < 1.29 is 23.8 Å². The van der Waals surface area contributed by atoms with Gasteiger partial charge < -0.3 is 15.2 Å². The van der Waals surface area contributed by atoms with E-state index in [-0.39, 0.29) is 29.6 Å². The third kappa shape index (κ3) is 6.67. The number of nitro groups is 1. The van der Waals surface area contributed by atoms with Gasteiger partial charge in [0.1, 0.15) is 18.1 Å². The second-order valence-corrected chi connectivity index (χ2v) is 9.00. The first-order valence-electron chi connectivity index (χ1n) is 12.9. The van der Waals surface area contributed by atoms with Crippen molar-refractivity contribution >= 4 is 23.6 Å². The summed E-state index contributed by atoms with van der Waals surface area (Å²) in [5, 5.41) is 30.6. The predicted molar refractivity (Wildman–Crippen MR) is 150 cm³/mol. The first kappa shape index (κ1) is 29.6. The lowest BCUT2D eigenvalue weighted by molar-refractivity contribution is -0.385. The Kier molecular flexibility index (Phi) is 9.39. The molecular weight excluding hydrogens is 548 g/mol. The molecule has 2 heterocycles. The molecule has 2 aromatic heterocycles. The van der Waals surface area contributed by atoms with Crippen LogP contribution >= 0.6 is 0 Å². The number of nitrogen functional groups attached to an aromatic ring is 1. The van der Waals surface area contributed by atoms with E-state index in [4.69, 9.17) is 15.2 Å². The lowest BCUT2D eigenvalue weighted by Gasteiger charge is -2.18. The van der Waals surface area contributed by atoms with E-state index in [0.717, 1.165) is 13.1 Å². The molecule has 3 N–H and O–H groups in total. The van der Waals surface area contributed by atoms with Crippen LogP contribution < -0.4 is 20.6 Å². The molecule has 16 nitrogen and oxygen atoms in total. The molecule has 220 valence electrons.